The van der Waals surface area contributed by atoms with Gasteiger partial charge in [0, 0.05) is 10.9 Å². The number of methoxy groups -OCH3 is 1. The normalized spacial score (nSPS) is 17.9. The van der Waals surface area contributed by atoms with Gasteiger partial charge >= 0.3 is 0 Å². The van der Waals surface area contributed by atoms with E-state index < -0.39 is 0 Å². The average Bonchev–Trinajstić information content (AvgIpc) is 3.09. The minimum Gasteiger partial charge on any atom is -0.497 e. The molecular weight excluding hydrogens is 300 g/mol. The predicted molar refractivity (Wildman–Crippen MR) is 89.1 cm³/mol. The Labute approximate surface area is 132 Å². The van der Waals surface area contributed by atoms with E-state index in [1.54, 1.807) is 7.11 Å². The maximum absolute atomic E-state index is 5.59. The number of nitrogens with one attached hydrogen (secondary N) is 1. The lowest BCUT2D eigenvalue weighted by Gasteiger charge is -2.24. The monoisotopic (exact) mass is 316 g/mol. The molecule has 0 radical (unpaired) electrons. The Morgan fingerprint density at radius 1 is 1.38 bits per heavy atom. The molecule has 2 heterocycles. The van der Waals surface area contributed by atoms with Crippen molar-refractivity contribution in [2.24, 2.45) is 0 Å². The van der Waals surface area contributed by atoms with Gasteiger partial charge in [-0.15, -0.1) is 11.3 Å². The summed E-state index contributed by atoms with van der Waals surface area (Å²) in [5, 5.41) is 2.20. The maximum Gasteiger partial charge on any atom is 0.178 e. The second kappa shape index (κ2) is 5.00. The molecule has 1 atom stereocenters. The first-order valence-electron chi connectivity index (χ1n) is 7.12. The largest absolute Gasteiger partial charge is 0.497 e. The van der Waals surface area contributed by atoms with E-state index in [-0.39, 0.29) is 0 Å². The van der Waals surface area contributed by atoms with Gasteiger partial charge in [-0.05, 0) is 60.6 Å². The Balaban J connectivity index is 1.92. The van der Waals surface area contributed by atoms with Crippen molar-refractivity contribution >= 4 is 34.6 Å². The quantitative estimate of drug-likeness (QED) is 0.695. The van der Waals surface area contributed by atoms with Gasteiger partial charge in [-0.2, -0.15) is 0 Å². The van der Waals surface area contributed by atoms with Gasteiger partial charge in [0.05, 0.1) is 24.2 Å². The molecule has 1 N–H and O–H groups in total. The summed E-state index contributed by atoms with van der Waals surface area (Å²) in [4.78, 5) is 4.83. The first-order chi connectivity index (χ1) is 10.3. The van der Waals surface area contributed by atoms with E-state index in [1.807, 2.05) is 23.5 Å². The summed E-state index contributed by atoms with van der Waals surface area (Å²) in [6.45, 7) is 0. The van der Waals surface area contributed by atoms with Crippen LogP contribution in [0.4, 0.5) is 0 Å². The van der Waals surface area contributed by atoms with Crippen LogP contribution in [0.15, 0.2) is 29.6 Å². The summed E-state index contributed by atoms with van der Waals surface area (Å²) < 4.78 is 8.37. The lowest BCUT2D eigenvalue weighted by molar-refractivity contribution is 0.415. The van der Waals surface area contributed by atoms with Crippen molar-refractivity contribution in [1.29, 1.82) is 0 Å². The molecule has 5 heteroatoms. The maximum atomic E-state index is 5.59. The molecule has 1 unspecified atom stereocenters. The van der Waals surface area contributed by atoms with Crippen LogP contribution in [0.25, 0.3) is 11.0 Å². The summed E-state index contributed by atoms with van der Waals surface area (Å²) in [5.74, 6) is 0.853. The molecule has 0 amide bonds. The van der Waals surface area contributed by atoms with Crippen molar-refractivity contribution in [2.45, 2.75) is 25.3 Å². The predicted octanol–water partition coefficient (Wildman–Crippen LogP) is 4.69. The van der Waals surface area contributed by atoms with Crippen molar-refractivity contribution < 1.29 is 4.74 Å². The molecule has 0 saturated carbocycles. The Hall–Kier alpha value is -1.59. The number of rotatable bonds is 2. The molecule has 0 fully saturated rings. The smallest absolute Gasteiger partial charge is 0.178 e. The number of H-pyrrole nitrogens is 1. The number of ether oxygens (including phenoxy) is 1. The van der Waals surface area contributed by atoms with Crippen LogP contribution < -0.4 is 4.74 Å². The Morgan fingerprint density at radius 2 is 2.29 bits per heavy atom. The lowest BCUT2D eigenvalue weighted by Crippen LogP contribution is -2.15. The average molecular weight is 316 g/mol. The van der Waals surface area contributed by atoms with E-state index in [1.165, 1.54) is 23.3 Å². The van der Waals surface area contributed by atoms with Crippen LogP contribution >= 0.6 is 23.6 Å². The van der Waals surface area contributed by atoms with Gasteiger partial charge in [0.15, 0.2) is 4.77 Å². The first kappa shape index (κ1) is 13.1. The fourth-order valence-corrected chi connectivity index (χ4v) is 4.59. The Morgan fingerprint density at radius 3 is 3.14 bits per heavy atom. The number of aromatic nitrogens is 2. The first-order valence-corrected chi connectivity index (χ1v) is 8.41. The third-order valence-electron chi connectivity index (χ3n) is 4.26. The summed E-state index contributed by atoms with van der Waals surface area (Å²) in [5.41, 5.74) is 3.64. The van der Waals surface area contributed by atoms with Crippen LogP contribution in [0.3, 0.4) is 0 Å². The molecule has 1 aliphatic rings. The van der Waals surface area contributed by atoms with Crippen molar-refractivity contribution in [3.63, 3.8) is 0 Å². The summed E-state index contributed by atoms with van der Waals surface area (Å²) in [6, 6.07) is 8.72. The zero-order chi connectivity index (χ0) is 14.4. The van der Waals surface area contributed by atoms with Gasteiger partial charge in [0.2, 0.25) is 0 Å². The van der Waals surface area contributed by atoms with Crippen LogP contribution in [0.2, 0.25) is 0 Å². The van der Waals surface area contributed by atoms with Crippen molar-refractivity contribution in [3.05, 3.63) is 44.9 Å². The fraction of sp³-hybridized carbons (Fsp3) is 0.312. The van der Waals surface area contributed by atoms with Crippen molar-refractivity contribution in [1.82, 2.24) is 9.55 Å². The molecule has 3 nitrogen and oxygen atoms in total. The number of hydrogen-bond acceptors (Lipinski definition) is 3. The highest BCUT2D eigenvalue weighted by atomic mass is 32.1. The molecule has 0 aliphatic heterocycles. The van der Waals surface area contributed by atoms with Crippen LogP contribution in [-0.2, 0) is 6.42 Å². The number of imidazole rings is 1. The van der Waals surface area contributed by atoms with Gasteiger partial charge in [0.1, 0.15) is 5.75 Å². The Bertz CT molecular complexity index is 859. The van der Waals surface area contributed by atoms with E-state index in [0.29, 0.717) is 6.04 Å². The lowest BCUT2D eigenvalue weighted by atomic mass is 9.94. The molecule has 108 valence electrons. The van der Waals surface area contributed by atoms with Gasteiger partial charge in [-0.3, -0.25) is 0 Å². The number of aryl methyl sites for hydroxylation is 1. The van der Waals surface area contributed by atoms with E-state index in [0.717, 1.165) is 28.0 Å². The van der Waals surface area contributed by atoms with E-state index in [2.05, 4.69) is 27.1 Å². The molecule has 0 saturated heterocycles. The van der Waals surface area contributed by atoms with Crippen LogP contribution in [0.1, 0.15) is 29.3 Å². The third-order valence-corrected chi connectivity index (χ3v) is 5.55. The molecule has 0 spiro atoms. The second-order valence-corrected chi connectivity index (χ2v) is 6.78. The topological polar surface area (TPSA) is 29.9 Å². The molecule has 21 heavy (non-hydrogen) atoms. The molecular formula is C16H16N2OS2. The standard InChI is InChI=1S/C16H16N2OS2/c1-19-10-5-6-14-12(9-10)17-16(20)18(14)13-3-2-4-15-11(13)7-8-21-15/h5-9,13H,2-4H2,1H3,(H,17,20). The second-order valence-electron chi connectivity index (χ2n) is 5.39. The number of fused-ring (bicyclic) bond motifs is 2. The highest BCUT2D eigenvalue weighted by molar-refractivity contribution is 7.71. The number of nitrogens with zero attached hydrogens (tertiary/aromatic N) is 1. The highest BCUT2D eigenvalue weighted by Crippen LogP contribution is 2.38. The third kappa shape index (κ3) is 2.03. The van der Waals surface area contributed by atoms with Crippen LogP contribution in [0.5, 0.6) is 5.75 Å². The minimum absolute atomic E-state index is 0.356. The zero-order valence-electron chi connectivity index (χ0n) is 11.8. The summed E-state index contributed by atoms with van der Waals surface area (Å²) in [6.07, 6.45) is 3.58. The molecule has 3 aromatic rings. The van der Waals surface area contributed by atoms with Gasteiger partial charge in [0.25, 0.3) is 0 Å². The molecule has 1 aromatic carbocycles. The van der Waals surface area contributed by atoms with Gasteiger partial charge < -0.3 is 14.3 Å². The Kier molecular flexibility index (Phi) is 3.12. The molecule has 1 aliphatic carbocycles. The summed E-state index contributed by atoms with van der Waals surface area (Å²) in [7, 11) is 1.69. The number of aromatic amines is 1. The van der Waals surface area contributed by atoms with Gasteiger partial charge in [-0.1, -0.05) is 0 Å². The minimum atomic E-state index is 0.356. The van der Waals surface area contributed by atoms with Crippen LogP contribution in [0, 0.1) is 4.77 Å². The SMILES string of the molecule is COc1ccc2c(c1)[nH]c(=S)n2C1CCCc2sccc21. The molecule has 2 aromatic heterocycles. The number of benzene rings is 1. The molecule has 4 rings (SSSR count). The van der Waals surface area contributed by atoms with Crippen LogP contribution in [-0.4, -0.2) is 16.7 Å². The summed E-state index contributed by atoms with van der Waals surface area (Å²) >= 11 is 7.45. The fourth-order valence-electron chi connectivity index (χ4n) is 3.28. The van der Waals surface area contributed by atoms with E-state index in [4.69, 9.17) is 17.0 Å². The molecule has 0 bridgehead atoms. The highest BCUT2D eigenvalue weighted by Gasteiger charge is 2.24. The van der Waals surface area contributed by atoms with Crippen molar-refractivity contribution in [3.8, 4) is 5.75 Å². The zero-order valence-corrected chi connectivity index (χ0v) is 13.4. The van der Waals surface area contributed by atoms with Gasteiger partial charge in [-0.25, -0.2) is 0 Å². The van der Waals surface area contributed by atoms with E-state index in [9.17, 15) is 0 Å². The van der Waals surface area contributed by atoms with E-state index >= 15 is 0 Å². The van der Waals surface area contributed by atoms with Crippen molar-refractivity contribution in [2.75, 3.05) is 7.11 Å². The number of thiophene rings is 1. The number of hydrogen-bond donors (Lipinski definition) is 1.